The zero-order valence-corrected chi connectivity index (χ0v) is 12.6. The molecular weight excluding hydrogens is 260 g/mol. The van der Waals surface area contributed by atoms with Crippen molar-refractivity contribution in [1.29, 1.82) is 0 Å². The van der Waals surface area contributed by atoms with E-state index >= 15 is 0 Å². The molecule has 2 aromatic rings. The fourth-order valence-electron chi connectivity index (χ4n) is 2.24. The van der Waals surface area contributed by atoms with Gasteiger partial charge >= 0.3 is 0 Å². The highest BCUT2D eigenvalue weighted by Gasteiger charge is 2.03. The third-order valence-electron chi connectivity index (χ3n) is 3.40. The molecule has 21 heavy (non-hydrogen) atoms. The smallest absolute Gasteiger partial charge is 0.239 e. The van der Waals surface area contributed by atoms with E-state index in [1.165, 1.54) is 11.1 Å². The zero-order valence-electron chi connectivity index (χ0n) is 12.6. The van der Waals surface area contributed by atoms with Crippen LogP contribution in [-0.2, 0) is 11.2 Å². The Morgan fingerprint density at radius 1 is 1.05 bits per heavy atom. The van der Waals surface area contributed by atoms with Gasteiger partial charge < -0.3 is 10.6 Å². The first-order chi connectivity index (χ1) is 10.1. The number of hydrogen-bond donors (Lipinski definition) is 2. The van der Waals surface area contributed by atoms with Crippen LogP contribution in [0.25, 0.3) is 0 Å². The van der Waals surface area contributed by atoms with Crippen molar-refractivity contribution in [2.45, 2.75) is 20.3 Å². The van der Waals surface area contributed by atoms with Crippen molar-refractivity contribution in [3.8, 4) is 0 Å². The molecule has 0 heterocycles. The van der Waals surface area contributed by atoms with Crippen molar-refractivity contribution in [3.05, 3.63) is 65.2 Å². The molecule has 0 aromatic heterocycles. The molecule has 0 aliphatic rings. The van der Waals surface area contributed by atoms with Gasteiger partial charge in [-0.25, -0.2) is 0 Å². The van der Waals surface area contributed by atoms with Crippen LogP contribution in [-0.4, -0.2) is 19.0 Å². The molecule has 0 atom stereocenters. The minimum Gasteiger partial charge on any atom is -0.376 e. The predicted molar refractivity (Wildman–Crippen MR) is 87.6 cm³/mol. The van der Waals surface area contributed by atoms with Crippen molar-refractivity contribution in [2.75, 3.05) is 18.4 Å². The van der Waals surface area contributed by atoms with E-state index in [0.29, 0.717) is 13.1 Å². The van der Waals surface area contributed by atoms with Crippen LogP contribution >= 0.6 is 0 Å². The average Bonchev–Trinajstić information content (AvgIpc) is 2.47. The lowest BCUT2D eigenvalue weighted by Gasteiger charge is -2.10. The van der Waals surface area contributed by atoms with Gasteiger partial charge in [0.05, 0.1) is 6.54 Å². The van der Waals surface area contributed by atoms with Gasteiger partial charge in [-0.05, 0) is 37.5 Å². The van der Waals surface area contributed by atoms with Gasteiger partial charge in [0, 0.05) is 12.2 Å². The number of aryl methyl sites for hydroxylation is 2. The number of rotatable bonds is 6. The molecule has 0 spiro atoms. The van der Waals surface area contributed by atoms with E-state index in [1.54, 1.807) is 0 Å². The number of benzene rings is 2. The molecule has 0 bridgehead atoms. The normalized spacial score (nSPS) is 10.2. The van der Waals surface area contributed by atoms with Gasteiger partial charge in [-0.15, -0.1) is 0 Å². The lowest BCUT2D eigenvalue weighted by atomic mass is 10.1. The lowest BCUT2D eigenvalue weighted by Crippen LogP contribution is -2.31. The third-order valence-corrected chi connectivity index (χ3v) is 3.40. The van der Waals surface area contributed by atoms with Gasteiger partial charge in [-0.2, -0.15) is 0 Å². The Balaban J connectivity index is 1.72. The maximum absolute atomic E-state index is 11.8. The first kappa shape index (κ1) is 15.1. The van der Waals surface area contributed by atoms with Crippen molar-refractivity contribution >= 4 is 11.6 Å². The van der Waals surface area contributed by atoms with Crippen LogP contribution in [0.1, 0.15) is 16.7 Å². The molecule has 2 N–H and O–H groups in total. The summed E-state index contributed by atoms with van der Waals surface area (Å²) < 4.78 is 0. The molecule has 1 amide bonds. The van der Waals surface area contributed by atoms with E-state index in [1.807, 2.05) is 37.3 Å². The maximum atomic E-state index is 11.8. The summed E-state index contributed by atoms with van der Waals surface area (Å²) in [5.74, 6) is 0.0194. The highest BCUT2D eigenvalue weighted by Crippen LogP contribution is 2.15. The summed E-state index contributed by atoms with van der Waals surface area (Å²) in [4.78, 5) is 11.8. The molecule has 0 saturated heterocycles. The summed E-state index contributed by atoms with van der Waals surface area (Å²) in [5.41, 5.74) is 4.64. The summed E-state index contributed by atoms with van der Waals surface area (Å²) in [5, 5.41) is 6.11. The van der Waals surface area contributed by atoms with Gasteiger partial charge in [-0.1, -0.05) is 48.0 Å². The fraction of sp³-hybridized carbons (Fsp3) is 0.278. The van der Waals surface area contributed by atoms with E-state index in [0.717, 1.165) is 17.7 Å². The number of nitrogens with one attached hydrogen (secondary N) is 2. The van der Waals surface area contributed by atoms with Crippen molar-refractivity contribution < 1.29 is 4.79 Å². The number of hydrogen-bond acceptors (Lipinski definition) is 2. The fourth-order valence-corrected chi connectivity index (χ4v) is 2.24. The van der Waals surface area contributed by atoms with Gasteiger partial charge in [0.1, 0.15) is 0 Å². The zero-order chi connectivity index (χ0) is 15.1. The molecule has 2 aromatic carbocycles. The third kappa shape index (κ3) is 4.95. The molecule has 0 saturated carbocycles. The van der Waals surface area contributed by atoms with Crippen LogP contribution in [0.3, 0.4) is 0 Å². The minimum atomic E-state index is 0.0194. The molecule has 0 radical (unpaired) electrons. The highest BCUT2D eigenvalue weighted by atomic mass is 16.1. The van der Waals surface area contributed by atoms with Crippen LogP contribution in [0.4, 0.5) is 5.69 Å². The molecule has 0 aliphatic heterocycles. The van der Waals surface area contributed by atoms with Gasteiger partial charge in [0.2, 0.25) is 5.91 Å². The molecule has 0 aliphatic carbocycles. The number of amides is 1. The largest absolute Gasteiger partial charge is 0.376 e. The van der Waals surface area contributed by atoms with E-state index in [4.69, 9.17) is 0 Å². The van der Waals surface area contributed by atoms with E-state index in [9.17, 15) is 4.79 Å². The quantitative estimate of drug-likeness (QED) is 0.855. The Kier molecular flexibility index (Phi) is 5.38. The Bertz CT molecular complexity index is 593. The van der Waals surface area contributed by atoms with Crippen LogP contribution in [0, 0.1) is 13.8 Å². The average molecular weight is 282 g/mol. The Hall–Kier alpha value is -2.29. The second kappa shape index (κ2) is 7.48. The molecule has 0 unspecified atom stereocenters. The Morgan fingerprint density at radius 2 is 1.81 bits per heavy atom. The second-order valence-corrected chi connectivity index (χ2v) is 5.26. The Morgan fingerprint density at radius 3 is 2.52 bits per heavy atom. The van der Waals surface area contributed by atoms with Crippen LogP contribution in [0.15, 0.2) is 48.5 Å². The SMILES string of the molecule is Cc1ccc(NCC(=O)NCCc2ccccc2)c(C)c1. The minimum absolute atomic E-state index is 0.0194. The molecule has 2 rings (SSSR count). The summed E-state index contributed by atoms with van der Waals surface area (Å²) in [7, 11) is 0. The second-order valence-electron chi connectivity index (χ2n) is 5.26. The number of carbonyl (C=O) groups is 1. The standard InChI is InChI=1S/C18H22N2O/c1-14-8-9-17(15(2)12-14)20-13-18(21)19-11-10-16-6-4-3-5-7-16/h3-9,12,20H,10-11,13H2,1-2H3,(H,19,21). The van der Waals surface area contributed by atoms with Crippen LogP contribution in [0.5, 0.6) is 0 Å². The van der Waals surface area contributed by atoms with Crippen molar-refractivity contribution in [3.63, 3.8) is 0 Å². The number of carbonyl (C=O) groups excluding carboxylic acids is 1. The summed E-state index contributed by atoms with van der Waals surface area (Å²) in [6.07, 6.45) is 0.857. The molecule has 0 fully saturated rings. The topological polar surface area (TPSA) is 41.1 Å². The molecule has 110 valence electrons. The predicted octanol–water partition coefficient (Wildman–Crippen LogP) is 3.07. The lowest BCUT2D eigenvalue weighted by molar-refractivity contribution is -0.119. The first-order valence-electron chi connectivity index (χ1n) is 7.27. The van der Waals surface area contributed by atoms with Crippen LogP contribution in [0.2, 0.25) is 0 Å². The monoisotopic (exact) mass is 282 g/mol. The highest BCUT2D eigenvalue weighted by molar-refractivity contribution is 5.80. The maximum Gasteiger partial charge on any atom is 0.239 e. The van der Waals surface area contributed by atoms with Crippen molar-refractivity contribution in [1.82, 2.24) is 5.32 Å². The number of anilines is 1. The molecular formula is C18H22N2O. The van der Waals surface area contributed by atoms with Gasteiger partial charge in [0.25, 0.3) is 0 Å². The van der Waals surface area contributed by atoms with E-state index in [-0.39, 0.29) is 5.91 Å². The van der Waals surface area contributed by atoms with E-state index in [2.05, 4.69) is 35.8 Å². The summed E-state index contributed by atoms with van der Waals surface area (Å²) in [6.45, 7) is 5.08. The molecule has 3 nitrogen and oxygen atoms in total. The first-order valence-corrected chi connectivity index (χ1v) is 7.27. The summed E-state index contributed by atoms with van der Waals surface area (Å²) in [6, 6.07) is 16.3. The van der Waals surface area contributed by atoms with E-state index < -0.39 is 0 Å². The van der Waals surface area contributed by atoms with Gasteiger partial charge in [-0.3, -0.25) is 4.79 Å². The summed E-state index contributed by atoms with van der Waals surface area (Å²) >= 11 is 0. The van der Waals surface area contributed by atoms with Crippen LogP contribution < -0.4 is 10.6 Å². The Labute approximate surface area is 126 Å². The van der Waals surface area contributed by atoms with Gasteiger partial charge in [0.15, 0.2) is 0 Å². The molecule has 3 heteroatoms. The van der Waals surface area contributed by atoms with Crippen molar-refractivity contribution in [2.24, 2.45) is 0 Å².